The van der Waals surface area contributed by atoms with Gasteiger partial charge in [0.1, 0.15) is 0 Å². The van der Waals surface area contributed by atoms with Crippen molar-refractivity contribution in [3.63, 3.8) is 0 Å². The van der Waals surface area contributed by atoms with Crippen molar-refractivity contribution in [2.45, 2.75) is 19.1 Å². The molecule has 2 rings (SSSR count). The highest BCUT2D eigenvalue weighted by Gasteiger charge is 2.23. The largest absolute Gasteiger partial charge is 0.373 e. The number of aromatic nitrogens is 1. The quantitative estimate of drug-likeness (QED) is 0.773. The Balaban J connectivity index is 2.05. The van der Waals surface area contributed by atoms with Crippen molar-refractivity contribution in [3.05, 3.63) is 24.5 Å². The van der Waals surface area contributed by atoms with E-state index >= 15 is 0 Å². The first kappa shape index (κ1) is 10.4. The molecule has 2 heterocycles. The lowest BCUT2D eigenvalue weighted by Gasteiger charge is -2.36. The zero-order valence-corrected chi connectivity index (χ0v) is 8.97. The van der Waals surface area contributed by atoms with Gasteiger partial charge in [0, 0.05) is 37.2 Å². The van der Waals surface area contributed by atoms with Crippen LogP contribution < -0.4 is 10.6 Å². The van der Waals surface area contributed by atoms with Crippen LogP contribution in [0.25, 0.3) is 0 Å². The summed E-state index contributed by atoms with van der Waals surface area (Å²) in [6.45, 7) is 4.52. The Bertz CT molecular complexity index is 302. The number of nitrogens with zero attached hydrogens (tertiary/aromatic N) is 2. The van der Waals surface area contributed by atoms with Crippen molar-refractivity contribution in [2.75, 3.05) is 24.6 Å². The van der Waals surface area contributed by atoms with E-state index in [-0.39, 0.29) is 12.1 Å². The minimum absolute atomic E-state index is 0.0784. The van der Waals surface area contributed by atoms with E-state index in [1.54, 1.807) is 0 Å². The van der Waals surface area contributed by atoms with Crippen LogP contribution in [0.1, 0.15) is 6.92 Å². The lowest BCUT2D eigenvalue weighted by atomic mass is 10.1. The standard InChI is InChI=1S/C11H17N3O/c1-9(12)11-8-14(6-7-15-11)10-2-4-13-5-3-10/h2-5,9,11H,6-8,12H2,1H3. The summed E-state index contributed by atoms with van der Waals surface area (Å²) in [4.78, 5) is 6.30. The number of hydrogen-bond acceptors (Lipinski definition) is 4. The molecule has 0 aliphatic carbocycles. The van der Waals surface area contributed by atoms with Crippen molar-refractivity contribution >= 4 is 5.69 Å². The van der Waals surface area contributed by atoms with Crippen LogP contribution in [0, 0.1) is 0 Å². The molecule has 1 aromatic heterocycles. The smallest absolute Gasteiger partial charge is 0.0898 e. The lowest BCUT2D eigenvalue weighted by Crippen LogP contribution is -2.49. The third-order valence-corrected chi connectivity index (χ3v) is 2.71. The number of ether oxygens (including phenoxy) is 1. The molecule has 2 unspecified atom stereocenters. The third kappa shape index (κ3) is 2.46. The average molecular weight is 207 g/mol. The van der Waals surface area contributed by atoms with Crippen LogP contribution in [0.2, 0.25) is 0 Å². The highest BCUT2D eigenvalue weighted by atomic mass is 16.5. The minimum Gasteiger partial charge on any atom is -0.373 e. The first-order chi connectivity index (χ1) is 7.27. The number of morpholine rings is 1. The van der Waals surface area contributed by atoms with Crippen LogP contribution in [0.15, 0.2) is 24.5 Å². The molecular weight excluding hydrogens is 190 g/mol. The molecule has 1 aliphatic heterocycles. The fourth-order valence-electron chi connectivity index (χ4n) is 1.78. The lowest BCUT2D eigenvalue weighted by molar-refractivity contribution is 0.0276. The maximum Gasteiger partial charge on any atom is 0.0898 e. The van der Waals surface area contributed by atoms with Crippen LogP contribution in [0.3, 0.4) is 0 Å². The Hall–Kier alpha value is -1.13. The highest BCUT2D eigenvalue weighted by Crippen LogP contribution is 2.17. The van der Waals surface area contributed by atoms with E-state index in [0.717, 1.165) is 19.7 Å². The van der Waals surface area contributed by atoms with Crippen molar-refractivity contribution in [1.29, 1.82) is 0 Å². The summed E-state index contributed by atoms with van der Waals surface area (Å²) in [5.74, 6) is 0. The van der Waals surface area contributed by atoms with Gasteiger partial charge in [-0.25, -0.2) is 0 Å². The maximum atomic E-state index is 5.84. The zero-order valence-electron chi connectivity index (χ0n) is 8.97. The second-order valence-corrected chi connectivity index (χ2v) is 3.92. The van der Waals surface area contributed by atoms with E-state index in [4.69, 9.17) is 10.5 Å². The van der Waals surface area contributed by atoms with Gasteiger partial charge in [-0.05, 0) is 19.1 Å². The Kier molecular flexibility index (Phi) is 3.18. The summed E-state index contributed by atoms with van der Waals surface area (Å²) in [6.07, 6.45) is 3.75. The van der Waals surface area contributed by atoms with Gasteiger partial charge in [0.25, 0.3) is 0 Å². The summed E-state index contributed by atoms with van der Waals surface area (Å²) in [5.41, 5.74) is 7.04. The van der Waals surface area contributed by atoms with Crippen LogP contribution >= 0.6 is 0 Å². The van der Waals surface area contributed by atoms with Crippen LogP contribution in [0.4, 0.5) is 5.69 Å². The molecule has 1 aromatic rings. The molecule has 1 saturated heterocycles. The SMILES string of the molecule is CC(N)C1CN(c2ccncc2)CCO1. The van der Waals surface area contributed by atoms with Crippen LogP contribution in [-0.4, -0.2) is 36.8 Å². The molecule has 0 amide bonds. The van der Waals surface area contributed by atoms with E-state index in [0.29, 0.717) is 0 Å². The summed E-state index contributed by atoms with van der Waals surface area (Å²) < 4.78 is 5.61. The Morgan fingerprint density at radius 3 is 2.93 bits per heavy atom. The van der Waals surface area contributed by atoms with Crippen molar-refractivity contribution in [3.8, 4) is 0 Å². The molecular formula is C11H17N3O. The normalized spacial score (nSPS) is 23.9. The van der Waals surface area contributed by atoms with Gasteiger partial charge in [-0.3, -0.25) is 4.98 Å². The molecule has 1 fully saturated rings. The minimum atomic E-state index is 0.0784. The van der Waals surface area contributed by atoms with Gasteiger partial charge >= 0.3 is 0 Å². The van der Waals surface area contributed by atoms with Gasteiger partial charge in [0.05, 0.1) is 12.7 Å². The first-order valence-corrected chi connectivity index (χ1v) is 5.29. The topological polar surface area (TPSA) is 51.4 Å². The molecule has 0 spiro atoms. The molecule has 15 heavy (non-hydrogen) atoms. The molecule has 0 radical (unpaired) electrons. The summed E-state index contributed by atoms with van der Waals surface area (Å²) >= 11 is 0. The Labute approximate surface area is 90.0 Å². The van der Waals surface area contributed by atoms with E-state index in [2.05, 4.69) is 9.88 Å². The molecule has 2 atom stereocenters. The maximum absolute atomic E-state index is 5.84. The predicted octanol–water partition coefficient (Wildman–Crippen LogP) is 0.634. The monoisotopic (exact) mass is 207 g/mol. The van der Waals surface area contributed by atoms with E-state index in [1.165, 1.54) is 5.69 Å². The third-order valence-electron chi connectivity index (χ3n) is 2.71. The van der Waals surface area contributed by atoms with E-state index < -0.39 is 0 Å². The summed E-state index contributed by atoms with van der Waals surface area (Å²) in [5, 5.41) is 0. The zero-order chi connectivity index (χ0) is 10.7. The number of hydrogen-bond donors (Lipinski definition) is 1. The van der Waals surface area contributed by atoms with Gasteiger partial charge in [-0.2, -0.15) is 0 Å². The molecule has 4 heteroatoms. The highest BCUT2D eigenvalue weighted by molar-refractivity contribution is 5.45. The number of rotatable bonds is 2. The van der Waals surface area contributed by atoms with Crippen molar-refractivity contribution in [1.82, 2.24) is 4.98 Å². The molecule has 0 bridgehead atoms. The average Bonchev–Trinajstić information content (AvgIpc) is 2.30. The Morgan fingerprint density at radius 2 is 2.27 bits per heavy atom. The fraction of sp³-hybridized carbons (Fsp3) is 0.545. The molecule has 2 N–H and O–H groups in total. The number of pyridine rings is 1. The predicted molar refractivity (Wildman–Crippen MR) is 59.8 cm³/mol. The fourth-order valence-corrected chi connectivity index (χ4v) is 1.78. The first-order valence-electron chi connectivity index (χ1n) is 5.29. The number of anilines is 1. The van der Waals surface area contributed by atoms with Crippen molar-refractivity contribution in [2.24, 2.45) is 5.73 Å². The van der Waals surface area contributed by atoms with E-state index in [1.807, 2.05) is 31.5 Å². The van der Waals surface area contributed by atoms with Gasteiger partial charge in [-0.15, -0.1) is 0 Å². The van der Waals surface area contributed by atoms with E-state index in [9.17, 15) is 0 Å². The summed E-state index contributed by atoms with van der Waals surface area (Å²) in [6, 6.07) is 4.11. The molecule has 0 saturated carbocycles. The molecule has 82 valence electrons. The van der Waals surface area contributed by atoms with Crippen LogP contribution in [0.5, 0.6) is 0 Å². The molecule has 0 aromatic carbocycles. The van der Waals surface area contributed by atoms with Gasteiger partial charge in [-0.1, -0.05) is 0 Å². The van der Waals surface area contributed by atoms with Crippen molar-refractivity contribution < 1.29 is 4.74 Å². The Morgan fingerprint density at radius 1 is 1.53 bits per heavy atom. The summed E-state index contributed by atoms with van der Waals surface area (Å²) in [7, 11) is 0. The second kappa shape index (κ2) is 4.59. The van der Waals surface area contributed by atoms with Gasteiger partial charge in [0.15, 0.2) is 0 Å². The number of nitrogens with two attached hydrogens (primary N) is 1. The van der Waals surface area contributed by atoms with Gasteiger partial charge in [0.2, 0.25) is 0 Å². The van der Waals surface area contributed by atoms with Crippen LogP contribution in [-0.2, 0) is 4.74 Å². The molecule has 1 aliphatic rings. The molecule has 4 nitrogen and oxygen atoms in total. The van der Waals surface area contributed by atoms with Gasteiger partial charge < -0.3 is 15.4 Å². The second-order valence-electron chi connectivity index (χ2n) is 3.92.